The van der Waals surface area contributed by atoms with Crippen LogP contribution in [0.5, 0.6) is 0 Å². The van der Waals surface area contributed by atoms with Crippen LogP contribution in [0.3, 0.4) is 0 Å². The van der Waals surface area contributed by atoms with Gasteiger partial charge in [0.2, 0.25) is 0 Å². The van der Waals surface area contributed by atoms with Crippen LogP contribution in [-0.4, -0.2) is 18.5 Å². The zero-order chi connectivity index (χ0) is 16.9. The zero-order valence-corrected chi connectivity index (χ0v) is 15.8. The molecule has 0 radical (unpaired) electrons. The second-order valence-corrected chi connectivity index (χ2v) is 12.3. The number of rotatable bonds is 3. The minimum Gasteiger partial charge on any atom is -0.229 e. The third kappa shape index (κ3) is 5.97. The van der Waals surface area contributed by atoms with Crippen molar-refractivity contribution < 1.29 is 4.21 Å². The first kappa shape index (κ1) is 17.4. The van der Waals surface area contributed by atoms with E-state index in [0.717, 1.165) is 16.7 Å². The maximum Gasteiger partial charge on any atom is 0.172 e. The second kappa shape index (κ2) is 7.54. The van der Waals surface area contributed by atoms with E-state index in [4.69, 9.17) is 0 Å². The third-order valence-electron chi connectivity index (χ3n) is 3.01. The first-order chi connectivity index (χ1) is 10.8. The lowest BCUT2D eigenvalue weighted by molar-refractivity contribution is 0.684. The van der Waals surface area contributed by atoms with Crippen molar-refractivity contribution in [1.82, 2.24) is 0 Å². The molecular weight excluding hydrogens is 318 g/mol. The van der Waals surface area contributed by atoms with Crippen LogP contribution in [0.4, 0.5) is 0 Å². The van der Waals surface area contributed by atoms with E-state index in [1.54, 1.807) is 6.21 Å². The van der Waals surface area contributed by atoms with Gasteiger partial charge >= 0.3 is 0 Å². The van der Waals surface area contributed by atoms with Crippen molar-refractivity contribution in [3.8, 4) is 11.5 Å². The Bertz CT molecular complexity index is 775. The van der Waals surface area contributed by atoms with Crippen LogP contribution in [0.2, 0.25) is 19.6 Å². The molecule has 0 bridgehead atoms. The Morgan fingerprint density at radius 1 is 1.00 bits per heavy atom. The number of nitrogens with zero attached hydrogens (tertiary/aromatic N) is 1. The largest absolute Gasteiger partial charge is 0.229 e. The fraction of sp³-hybridized carbons (Fsp3) is 0.211. The van der Waals surface area contributed by atoms with E-state index in [9.17, 15) is 4.21 Å². The smallest absolute Gasteiger partial charge is 0.172 e. The Labute approximate surface area is 142 Å². The van der Waals surface area contributed by atoms with Crippen LogP contribution in [0.15, 0.2) is 57.8 Å². The first-order valence-electron chi connectivity index (χ1n) is 7.49. The van der Waals surface area contributed by atoms with E-state index in [1.807, 2.05) is 55.5 Å². The van der Waals surface area contributed by atoms with Gasteiger partial charge in [-0.1, -0.05) is 55.4 Å². The molecule has 0 aromatic heterocycles. The SMILES string of the molecule is Cc1ccc(S(=O)/N=C/c2ccc(C#C[Si](C)(C)C)cc2)cc1. The summed E-state index contributed by atoms with van der Waals surface area (Å²) >= 11 is 0. The van der Waals surface area contributed by atoms with Crippen molar-refractivity contribution in [3.63, 3.8) is 0 Å². The number of benzene rings is 2. The highest BCUT2D eigenvalue weighted by Crippen LogP contribution is 2.10. The van der Waals surface area contributed by atoms with Crippen LogP contribution < -0.4 is 0 Å². The Balaban J connectivity index is 2.06. The summed E-state index contributed by atoms with van der Waals surface area (Å²) in [5.41, 5.74) is 6.41. The van der Waals surface area contributed by atoms with E-state index in [-0.39, 0.29) is 0 Å². The molecule has 118 valence electrons. The first-order valence-corrected chi connectivity index (χ1v) is 12.1. The van der Waals surface area contributed by atoms with E-state index in [2.05, 4.69) is 35.5 Å². The highest BCUT2D eigenvalue weighted by atomic mass is 32.2. The molecule has 2 rings (SSSR count). The minimum absolute atomic E-state index is 0.712. The van der Waals surface area contributed by atoms with Crippen LogP contribution in [0.25, 0.3) is 0 Å². The van der Waals surface area contributed by atoms with Crippen LogP contribution >= 0.6 is 0 Å². The van der Waals surface area contributed by atoms with Gasteiger partial charge in [-0.05, 0) is 36.8 Å². The van der Waals surface area contributed by atoms with Crippen LogP contribution in [0, 0.1) is 18.4 Å². The average molecular weight is 340 g/mol. The molecule has 1 atom stereocenters. The van der Waals surface area contributed by atoms with Crippen LogP contribution in [-0.2, 0) is 11.0 Å². The summed E-state index contributed by atoms with van der Waals surface area (Å²) in [4.78, 5) is 0.712. The van der Waals surface area contributed by atoms with Gasteiger partial charge in [0.25, 0.3) is 0 Å². The standard InChI is InChI=1S/C19H21NOSSi/c1-16-5-11-19(12-6-16)22(21)20-15-18-9-7-17(8-10-18)13-14-23(2,3)4/h5-12,15H,1-4H3/b20-15+. The van der Waals surface area contributed by atoms with E-state index in [0.29, 0.717) is 4.90 Å². The molecule has 23 heavy (non-hydrogen) atoms. The summed E-state index contributed by atoms with van der Waals surface area (Å²) < 4.78 is 16.2. The molecule has 1 unspecified atom stereocenters. The Morgan fingerprint density at radius 3 is 2.17 bits per heavy atom. The summed E-state index contributed by atoms with van der Waals surface area (Å²) in [5.74, 6) is 3.22. The summed E-state index contributed by atoms with van der Waals surface area (Å²) in [6, 6.07) is 15.4. The van der Waals surface area contributed by atoms with Crippen molar-refractivity contribution in [1.29, 1.82) is 0 Å². The molecule has 0 N–H and O–H groups in total. The van der Waals surface area contributed by atoms with Gasteiger partial charge in [-0.25, -0.2) is 4.21 Å². The predicted octanol–water partition coefficient (Wildman–Crippen LogP) is 4.37. The monoisotopic (exact) mass is 339 g/mol. The lowest BCUT2D eigenvalue weighted by atomic mass is 10.2. The van der Waals surface area contributed by atoms with Crippen molar-refractivity contribution in [2.45, 2.75) is 31.5 Å². The van der Waals surface area contributed by atoms with Crippen molar-refractivity contribution in [3.05, 3.63) is 65.2 Å². The summed E-state index contributed by atoms with van der Waals surface area (Å²) in [5, 5.41) is 0. The molecule has 2 nitrogen and oxygen atoms in total. The summed E-state index contributed by atoms with van der Waals surface area (Å²) in [7, 11) is -2.72. The molecule has 0 aliphatic carbocycles. The van der Waals surface area contributed by atoms with Gasteiger partial charge in [-0.2, -0.15) is 4.40 Å². The van der Waals surface area contributed by atoms with Gasteiger partial charge in [0.1, 0.15) is 8.07 Å². The van der Waals surface area contributed by atoms with Gasteiger partial charge in [-0.15, -0.1) is 5.54 Å². The minimum atomic E-state index is -1.37. The maximum absolute atomic E-state index is 12.1. The topological polar surface area (TPSA) is 29.4 Å². The Kier molecular flexibility index (Phi) is 5.70. The molecule has 4 heteroatoms. The predicted molar refractivity (Wildman–Crippen MR) is 102 cm³/mol. The Hall–Kier alpha value is -1.96. The third-order valence-corrected chi connectivity index (χ3v) is 4.86. The molecule has 0 amide bonds. The van der Waals surface area contributed by atoms with Gasteiger partial charge in [0.15, 0.2) is 11.0 Å². The van der Waals surface area contributed by atoms with Gasteiger partial charge in [-0.3, -0.25) is 0 Å². The van der Waals surface area contributed by atoms with E-state index < -0.39 is 19.1 Å². The van der Waals surface area contributed by atoms with Crippen molar-refractivity contribution in [2.24, 2.45) is 4.40 Å². The molecule has 0 saturated heterocycles. The molecule has 2 aromatic rings. The lowest BCUT2D eigenvalue weighted by Crippen LogP contribution is -2.16. The molecule has 0 aliphatic heterocycles. The number of hydrogen-bond donors (Lipinski definition) is 0. The normalized spacial score (nSPS) is 12.7. The van der Waals surface area contributed by atoms with Crippen LogP contribution in [0.1, 0.15) is 16.7 Å². The highest BCUT2D eigenvalue weighted by Gasteiger charge is 2.07. The van der Waals surface area contributed by atoms with E-state index in [1.165, 1.54) is 0 Å². The Morgan fingerprint density at radius 2 is 1.61 bits per heavy atom. The van der Waals surface area contributed by atoms with Gasteiger partial charge in [0, 0.05) is 11.8 Å². The summed E-state index contributed by atoms with van der Waals surface area (Å²) in [6.07, 6.45) is 1.64. The molecular formula is C19H21NOSSi. The van der Waals surface area contributed by atoms with E-state index >= 15 is 0 Å². The molecule has 0 saturated carbocycles. The summed E-state index contributed by atoms with van der Waals surface area (Å²) in [6.45, 7) is 8.67. The lowest BCUT2D eigenvalue weighted by Gasteiger charge is -2.03. The molecule has 2 aromatic carbocycles. The fourth-order valence-electron chi connectivity index (χ4n) is 1.74. The molecule has 0 heterocycles. The maximum atomic E-state index is 12.1. The molecule has 0 spiro atoms. The number of hydrogen-bond acceptors (Lipinski definition) is 1. The second-order valence-electron chi connectivity index (χ2n) is 6.42. The van der Waals surface area contributed by atoms with Crippen molar-refractivity contribution >= 4 is 25.3 Å². The zero-order valence-electron chi connectivity index (χ0n) is 14.0. The average Bonchev–Trinajstić information content (AvgIpc) is 2.51. The van der Waals surface area contributed by atoms with Gasteiger partial charge < -0.3 is 0 Å². The quantitative estimate of drug-likeness (QED) is 0.464. The number of aryl methyl sites for hydroxylation is 1. The van der Waals surface area contributed by atoms with Gasteiger partial charge in [0.05, 0.1) is 4.90 Å². The molecule has 0 fully saturated rings. The van der Waals surface area contributed by atoms with Crippen molar-refractivity contribution in [2.75, 3.05) is 0 Å². The highest BCUT2D eigenvalue weighted by molar-refractivity contribution is 7.83. The fourth-order valence-corrected chi connectivity index (χ4v) is 2.96. The molecule has 0 aliphatic rings.